The third-order valence-electron chi connectivity index (χ3n) is 3.60. The van der Waals surface area contributed by atoms with Gasteiger partial charge in [-0.2, -0.15) is 0 Å². The largest absolute Gasteiger partial charge is 0.489 e. The van der Waals surface area contributed by atoms with E-state index in [1.54, 1.807) is 0 Å². The van der Waals surface area contributed by atoms with Gasteiger partial charge in [0, 0.05) is 5.56 Å². The average molecular weight is 338 g/mol. The Morgan fingerprint density at radius 2 is 1.88 bits per heavy atom. The molecule has 130 valence electrons. The van der Waals surface area contributed by atoms with E-state index in [1.165, 1.54) is 0 Å². The molecule has 0 N–H and O–H groups in total. The van der Waals surface area contributed by atoms with Crippen molar-refractivity contribution in [2.24, 2.45) is 0 Å². The molecule has 4 nitrogen and oxygen atoms in total. The molecule has 0 saturated heterocycles. The van der Waals surface area contributed by atoms with Crippen molar-refractivity contribution in [2.75, 3.05) is 6.61 Å². The number of benzene rings is 2. The molecule has 3 rings (SSSR count). The summed E-state index contributed by atoms with van der Waals surface area (Å²) in [4.78, 5) is 12.2. The summed E-state index contributed by atoms with van der Waals surface area (Å²) in [6.07, 6.45) is 1.81. The highest BCUT2D eigenvalue weighted by Gasteiger charge is 2.23. The molecule has 0 saturated carbocycles. The molecule has 2 aromatic rings. The van der Waals surface area contributed by atoms with Crippen LogP contribution in [0.15, 0.2) is 54.1 Å². The second kappa shape index (κ2) is 7.01. The molecule has 0 radical (unpaired) electrons. The fraction of sp³-hybridized carbons (Fsp3) is 0.286. The summed E-state index contributed by atoms with van der Waals surface area (Å²) in [6, 6.07) is 15.6. The van der Waals surface area contributed by atoms with Gasteiger partial charge in [0.05, 0.1) is 5.57 Å². The quantitative estimate of drug-likeness (QED) is 0.776. The van der Waals surface area contributed by atoms with Crippen molar-refractivity contribution in [2.45, 2.75) is 33.0 Å². The van der Waals surface area contributed by atoms with Crippen LogP contribution >= 0.6 is 0 Å². The van der Waals surface area contributed by atoms with Gasteiger partial charge < -0.3 is 14.2 Å². The fourth-order valence-corrected chi connectivity index (χ4v) is 2.45. The van der Waals surface area contributed by atoms with Gasteiger partial charge in [-0.3, -0.25) is 0 Å². The highest BCUT2D eigenvalue weighted by molar-refractivity contribution is 5.95. The molecule has 0 bridgehead atoms. The summed E-state index contributed by atoms with van der Waals surface area (Å²) in [5.74, 6) is 1.11. The third kappa shape index (κ3) is 4.63. The second-order valence-electron chi connectivity index (χ2n) is 6.93. The first-order chi connectivity index (χ1) is 11.9. The van der Waals surface area contributed by atoms with Gasteiger partial charge in [-0.05, 0) is 50.6 Å². The molecule has 0 spiro atoms. The first kappa shape index (κ1) is 17.1. The van der Waals surface area contributed by atoms with E-state index in [2.05, 4.69) is 0 Å². The Morgan fingerprint density at radius 1 is 1.12 bits per heavy atom. The predicted octanol–water partition coefficient (Wildman–Crippen LogP) is 4.38. The van der Waals surface area contributed by atoms with Crippen LogP contribution in [-0.2, 0) is 16.1 Å². The average Bonchev–Trinajstić information content (AvgIpc) is 2.58. The fourth-order valence-electron chi connectivity index (χ4n) is 2.45. The van der Waals surface area contributed by atoms with E-state index in [0.29, 0.717) is 12.2 Å². The van der Waals surface area contributed by atoms with E-state index < -0.39 is 5.60 Å². The van der Waals surface area contributed by atoms with Gasteiger partial charge in [0.1, 0.15) is 30.3 Å². The number of carbonyl (C=O) groups excluding carboxylic acids is 1. The monoisotopic (exact) mass is 338 g/mol. The van der Waals surface area contributed by atoms with Gasteiger partial charge in [-0.25, -0.2) is 4.79 Å². The summed E-state index contributed by atoms with van der Waals surface area (Å²) in [6.45, 7) is 6.24. The predicted molar refractivity (Wildman–Crippen MR) is 96.5 cm³/mol. The van der Waals surface area contributed by atoms with Gasteiger partial charge in [-0.1, -0.05) is 30.3 Å². The minimum absolute atomic E-state index is 0.214. The second-order valence-corrected chi connectivity index (χ2v) is 6.93. The molecule has 1 heterocycles. The van der Waals surface area contributed by atoms with Crippen LogP contribution in [0.2, 0.25) is 0 Å². The number of rotatable bonds is 4. The minimum Gasteiger partial charge on any atom is -0.489 e. The summed E-state index contributed by atoms with van der Waals surface area (Å²) in [5.41, 5.74) is 1.89. The van der Waals surface area contributed by atoms with Crippen LogP contribution in [0.5, 0.6) is 11.5 Å². The molecule has 0 atom stereocenters. The van der Waals surface area contributed by atoms with Crippen LogP contribution in [0.3, 0.4) is 0 Å². The van der Waals surface area contributed by atoms with Crippen molar-refractivity contribution in [1.82, 2.24) is 0 Å². The molecule has 1 aliphatic heterocycles. The van der Waals surface area contributed by atoms with Crippen LogP contribution in [0.4, 0.5) is 0 Å². The van der Waals surface area contributed by atoms with Gasteiger partial charge in [0.25, 0.3) is 0 Å². The van der Waals surface area contributed by atoms with Crippen LogP contribution < -0.4 is 9.47 Å². The lowest BCUT2D eigenvalue weighted by atomic mass is 10.1. The Labute approximate surface area is 148 Å². The molecule has 0 amide bonds. The van der Waals surface area contributed by atoms with Crippen molar-refractivity contribution in [3.63, 3.8) is 0 Å². The van der Waals surface area contributed by atoms with E-state index in [-0.39, 0.29) is 12.6 Å². The zero-order chi connectivity index (χ0) is 17.9. The van der Waals surface area contributed by atoms with Crippen LogP contribution in [0.1, 0.15) is 31.9 Å². The van der Waals surface area contributed by atoms with Crippen LogP contribution in [0.25, 0.3) is 6.08 Å². The van der Waals surface area contributed by atoms with Crippen molar-refractivity contribution in [1.29, 1.82) is 0 Å². The zero-order valence-electron chi connectivity index (χ0n) is 14.7. The molecule has 2 aromatic carbocycles. The number of hydrogen-bond donors (Lipinski definition) is 0. The molecule has 0 aliphatic carbocycles. The normalized spacial score (nSPS) is 13.3. The van der Waals surface area contributed by atoms with Gasteiger partial charge in [-0.15, -0.1) is 0 Å². The minimum atomic E-state index is -0.529. The summed E-state index contributed by atoms with van der Waals surface area (Å²) < 4.78 is 16.9. The highest BCUT2D eigenvalue weighted by Crippen LogP contribution is 2.31. The molecule has 0 fully saturated rings. The topological polar surface area (TPSA) is 44.8 Å². The van der Waals surface area contributed by atoms with Crippen LogP contribution in [0, 0.1) is 0 Å². The highest BCUT2D eigenvalue weighted by atomic mass is 16.6. The number of carbonyl (C=O) groups is 1. The Balaban J connectivity index is 1.73. The van der Waals surface area contributed by atoms with Gasteiger partial charge in [0.2, 0.25) is 0 Å². The lowest BCUT2D eigenvalue weighted by molar-refractivity contribution is -0.150. The molecule has 0 unspecified atom stereocenters. The Kier molecular flexibility index (Phi) is 4.79. The summed E-state index contributed by atoms with van der Waals surface area (Å²) >= 11 is 0. The van der Waals surface area contributed by atoms with Gasteiger partial charge in [0.15, 0.2) is 0 Å². The molecule has 25 heavy (non-hydrogen) atoms. The summed E-state index contributed by atoms with van der Waals surface area (Å²) in [5, 5.41) is 0. The first-order valence-electron chi connectivity index (χ1n) is 8.28. The molecular weight excluding hydrogens is 316 g/mol. The van der Waals surface area contributed by atoms with E-state index in [1.807, 2.05) is 75.4 Å². The van der Waals surface area contributed by atoms with E-state index in [4.69, 9.17) is 14.2 Å². The summed E-state index contributed by atoms with van der Waals surface area (Å²) in [7, 11) is 0. The van der Waals surface area contributed by atoms with Crippen molar-refractivity contribution in [3.8, 4) is 11.5 Å². The lowest BCUT2D eigenvalue weighted by Gasteiger charge is -2.23. The molecule has 4 heteroatoms. The number of hydrogen-bond acceptors (Lipinski definition) is 4. The van der Waals surface area contributed by atoms with Crippen LogP contribution in [-0.4, -0.2) is 18.2 Å². The molecule has 1 aliphatic rings. The van der Waals surface area contributed by atoms with E-state index in [0.717, 1.165) is 22.6 Å². The van der Waals surface area contributed by atoms with Crippen molar-refractivity contribution >= 4 is 12.0 Å². The zero-order valence-corrected chi connectivity index (χ0v) is 14.7. The smallest absolute Gasteiger partial charge is 0.338 e. The Hall–Kier alpha value is -2.75. The van der Waals surface area contributed by atoms with E-state index >= 15 is 0 Å². The van der Waals surface area contributed by atoms with Crippen molar-refractivity contribution in [3.05, 3.63) is 65.2 Å². The maximum Gasteiger partial charge on any atom is 0.338 e. The number of esters is 1. The van der Waals surface area contributed by atoms with Gasteiger partial charge >= 0.3 is 5.97 Å². The Bertz CT molecular complexity index is 785. The lowest BCUT2D eigenvalue weighted by Crippen LogP contribution is -2.27. The maximum atomic E-state index is 12.2. The Morgan fingerprint density at radius 3 is 2.60 bits per heavy atom. The standard InChI is InChI=1S/C21H22O4/c1-21(2,3)25-20(22)17-11-16-12-18(9-10-19(16)24-14-17)23-13-15-7-5-4-6-8-15/h4-12H,13-14H2,1-3H3. The van der Waals surface area contributed by atoms with Crippen molar-refractivity contribution < 1.29 is 19.0 Å². The molecule has 0 aromatic heterocycles. The SMILES string of the molecule is CC(C)(C)OC(=O)C1=Cc2cc(OCc3ccccc3)ccc2OC1. The van der Waals surface area contributed by atoms with E-state index in [9.17, 15) is 4.79 Å². The maximum absolute atomic E-state index is 12.2. The first-order valence-corrected chi connectivity index (χ1v) is 8.28. The number of fused-ring (bicyclic) bond motifs is 1. The number of ether oxygens (including phenoxy) is 3. The molecular formula is C21H22O4. The third-order valence-corrected chi connectivity index (χ3v) is 3.60.